The molecule has 0 saturated heterocycles. The maximum Gasteiger partial charge on any atom is 0.295 e. The number of hydrogen-bond acceptors (Lipinski definition) is 7. The number of aromatic nitrogens is 3. The van der Waals surface area contributed by atoms with Crippen molar-refractivity contribution in [1.82, 2.24) is 9.78 Å². The number of nitrogens with zero attached hydrogens (tertiary/aromatic N) is 5. The maximum atomic E-state index is 11.0. The molecular weight excluding hydrogens is 562 g/mol. The topological polar surface area (TPSA) is 139 Å². The van der Waals surface area contributed by atoms with Crippen LogP contribution in [0.4, 0.5) is 22.7 Å². The van der Waals surface area contributed by atoms with Crippen LogP contribution in [-0.4, -0.2) is 22.8 Å². The van der Waals surface area contributed by atoms with Gasteiger partial charge in [-0.3, -0.25) is 10.4 Å². The molecule has 3 aromatic carbocycles. The summed E-state index contributed by atoms with van der Waals surface area (Å²) in [6.07, 6.45) is 3.89. The van der Waals surface area contributed by atoms with E-state index in [1.165, 1.54) is 43.5 Å². The van der Waals surface area contributed by atoms with Crippen molar-refractivity contribution in [2.24, 2.45) is 28.0 Å². The summed E-state index contributed by atoms with van der Waals surface area (Å²) in [5.74, 6) is 10.2. The van der Waals surface area contributed by atoms with Crippen LogP contribution in [0.5, 0.6) is 0 Å². The summed E-state index contributed by atoms with van der Waals surface area (Å²) in [6.45, 7) is 11.0. The standard InChI is InChI=1S/C18H15N3O3S.C14H27N4/c22-25(23,24)18-12-10-17(11-13-18)21-20-16-8-6-15(7-9-16)19-14-4-2-1-3-5-14;1-9(2)13-7-6-10(3)8-14(13)18-12(5)17(15)11(4)16-18/h1-13,19H,(H,22,23,24);9-10,13-14H,6-8,15H2,1-5H3/q;+1. The Bertz CT molecular complexity index is 1620. The molecule has 0 amide bonds. The third-order valence-electron chi connectivity index (χ3n) is 7.93. The summed E-state index contributed by atoms with van der Waals surface area (Å²) in [7, 11) is -4.20. The third-order valence-corrected chi connectivity index (χ3v) is 8.80. The first-order valence-electron chi connectivity index (χ1n) is 14.6. The average Bonchev–Trinajstić information content (AvgIpc) is 3.24. The summed E-state index contributed by atoms with van der Waals surface area (Å²) >= 11 is 0. The van der Waals surface area contributed by atoms with Crippen LogP contribution in [0.1, 0.15) is 57.7 Å². The first kappa shape index (κ1) is 31.8. The molecule has 10 nitrogen and oxygen atoms in total. The fourth-order valence-corrected chi connectivity index (χ4v) is 5.95. The molecule has 0 aliphatic heterocycles. The highest BCUT2D eigenvalue weighted by molar-refractivity contribution is 7.85. The summed E-state index contributed by atoms with van der Waals surface area (Å²) in [5.41, 5.74) is 3.08. The molecule has 228 valence electrons. The molecule has 3 atom stereocenters. The molecule has 0 spiro atoms. The van der Waals surface area contributed by atoms with Crippen molar-refractivity contribution >= 4 is 32.9 Å². The first-order chi connectivity index (χ1) is 20.4. The minimum atomic E-state index is -4.20. The molecule has 1 aromatic heterocycles. The monoisotopic (exact) mass is 604 g/mol. The van der Waals surface area contributed by atoms with Crippen molar-refractivity contribution < 1.29 is 17.6 Å². The van der Waals surface area contributed by atoms with Crippen molar-refractivity contribution in [2.75, 3.05) is 11.2 Å². The number of azo groups is 1. The van der Waals surface area contributed by atoms with Crippen LogP contribution in [0.2, 0.25) is 0 Å². The SMILES string of the molecule is Cc1nn(C2CC(C)CCC2C(C)C)c(C)[n+]1N.O=S(=O)(O)c1ccc(N=Nc2ccc(Nc3ccccc3)cc2)cc1. The molecular formula is C32H42N7O3S+. The van der Waals surface area contributed by atoms with Gasteiger partial charge in [-0.2, -0.15) is 18.6 Å². The van der Waals surface area contributed by atoms with Gasteiger partial charge in [-0.25, -0.2) is 0 Å². The number of benzene rings is 3. The van der Waals surface area contributed by atoms with E-state index in [2.05, 4.69) is 53.0 Å². The zero-order valence-corrected chi connectivity index (χ0v) is 26.2. The Hall–Kier alpha value is -4.09. The first-order valence-corrected chi connectivity index (χ1v) is 16.0. The molecule has 1 fully saturated rings. The van der Waals surface area contributed by atoms with Gasteiger partial charge in [-0.05, 0) is 91.3 Å². The second-order valence-electron chi connectivity index (χ2n) is 11.5. The van der Waals surface area contributed by atoms with Gasteiger partial charge >= 0.3 is 0 Å². The predicted molar refractivity (Wildman–Crippen MR) is 169 cm³/mol. The molecule has 1 aliphatic rings. The number of anilines is 2. The fraction of sp³-hybridized carbons (Fsp3) is 0.375. The number of nitrogens with one attached hydrogen (secondary N) is 1. The van der Waals surface area contributed by atoms with E-state index in [0.29, 0.717) is 23.3 Å². The van der Waals surface area contributed by atoms with E-state index in [9.17, 15) is 8.42 Å². The molecule has 4 N–H and O–H groups in total. The summed E-state index contributed by atoms with van der Waals surface area (Å²) < 4.78 is 34.8. The highest BCUT2D eigenvalue weighted by atomic mass is 32.2. The van der Waals surface area contributed by atoms with Crippen molar-refractivity contribution in [2.45, 2.75) is 64.8 Å². The average molecular weight is 605 g/mol. The zero-order valence-electron chi connectivity index (χ0n) is 25.4. The van der Waals surface area contributed by atoms with Gasteiger partial charge < -0.3 is 5.32 Å². The molecule has 5 rings (SSSR count). The van der Waals surface area contributed by atoms with Gasteiger partial charge in [0.15, 0.2) is 0 Å². The van der Waals surface area contributed by atoms with Crippen LogP contribution in [0.25, 0.3) is 0 Å². The van der Waals surface area contributed by atoms with Gasteiger partial charge in [0, 0.05) is 30.3 Å². The van der Waals surface area contributed by atoms with Gasteiger partial charge in [0.2, 0.25) is 0 Å². The van der Waals surface area contributed by atoms with Crippen molar-refractivity contribution in [3.63, 3.8) is 0 Å². The van der Waals surface area contributed by atoms with Crippen LogP contribution in [0.15, 0.2) is 94.0 Å². The normalized spacial score (nSPS) is 18.8. The molecule has 1 heterocycles. The number of nitrogen functional groups attached to an aromatic ring is 1. The lowest BCUT2D eigenvalue weighted by molar-refractivity contribution is -0.652. The fourth-order valence-electron chi connectivity index (χ4n) is 5.47. The van der Waals surface area contributed by atoms with Gasteiger partial charge in [0.25, 0.3) is 21.8 Å². The highest BCUT2D eigenvalue weighted by Crippen LogP contribution is 2.40. The molecule has 0 bridgehead atoms. The lowest BCUT2D eigenvalue weighted by Gasteiger charge is -2.34. The minimum absolute atomic E-state index is 0.178. The molecule has 1 saturated carbocycles. The van der Waals surface area contributed by atoms with Crippen LogP contribution in [0.3, 0.4) is 0 Å². The summed E-state index contributed by atoms with van der Waals surface area (Å²) in [6, 6.07) is 23.2. The Labute approximate surface area is 254 Å². The predicted octanol–water partition coefficient (Wildman–Crippen LogP) is 7.23. The van der Waals surface area contributed by atoms with E-state index in [-0.39, 0.29) is 4.90 Å². The Morgan fingerprint density at radius 3 is 2.00 bits per heavy atom. The largest absolute Gasteiger partial charge is 0.356 e. The van der Waals surface area contributed by atoms with E-state index in [1.54, 1.807) is 4.68 Å². The quantitative estimate of drug-likeness (QED) is 0.0880. The summed E-state index contributed by atoms with van der Waals surface area (Å²) in [5, 5.41) is 16.1. The van der Waals surface area contributed by atoms with Gasteiger partial charge in [-0.15, -0.1) is 9.36 Å². The Balaban J connectivity index is 0.000000208. The number of hydrogen-bond donors (Lipinski definition) is 3. The van der Waals surface area contributed by atoms with E-state index in [1.807, 2.05) is 61.5 Å². The maximum absolute atomic E-state index is 11.0. The van der Waals surface area contributed by atoms with Crippen LogP contribution >= 0.6 is 0 Å². The molecule has 1 aliphatic carbocycles. The summed E-state index contributed by atoms with van der Waals surface area (Å²) in [4.78, 5) is -0.178. The number of nitrogens with two attached hydrogens (primary N) is 1. The number of aryl methyl sites for hydroxylation is 1. The Morgan fingerprint density at radius 2 is 1.49 bits per heavy atom. The minimum Gasteiger partial charge on any atom is -0.356 e. The number of para-hydroxylation sites is 1. The number of rotatable bonds is 7. The lowest BCUT2D eigenvalue weighted by atomic mass is 9.74. The van der Waals surface area contributed by atoms with E-state index < -0.39 is 10.1 Å². The second kappa shape index (κ2) is 13.9. The lowest BCUT2D eigenvalue weighted by Crippen LogP contribution is -2.49. The highest BCUT2D eigenvalue weighted by Gasteiger charge is 2.38. The molecule has 3 unspecified atom stereocenters. The Kier molecular flexibility index (Phi) is 10.3. The third kappa shape index (κ3) is 8.48. The van der Waals surface area contributed by atoms with Crippen LogP contribution in [-0.2, 0) is 10.1 Å². The molecule has 4 aromatic rings. The molecule has 43 heavy (non-hydrogen) atoms. The zero-order chi connectivity index (χ0) is 31.1. The smallest absolute Gasteiger partial charge is 0.295 e. The Morgan fingerprint density at radius 1 is 0.930 bits per heavy atom. The van der Waals surface area contributed by atoms with Crippen molar-refractivity contribution in [3.8, 4) is 0 Å². The van der Waals surface area contributed by atoms with Gasteiger partial charge in [0.05, 0.1) is 16.3 Å². The van der Waals surface area contributed by atoms with Crippen molar-refractivity contribution in [1.29, 1.82) is 0 Å². The van der Waals surface area contributed by atoms with E-state index in [0.717, 1.165) is 34.9 Å². The molecule has 0 radical (unpaired) electrons. The van der Waals surface area contributed by atoms with Gasteiger partial charge in [-0.1, -0.05) is 45.4 Å². The molecule has 11 heteroatoms. The van der Waals surface area contributed by atoms with E-state index >= 15 is 0 Å². The van der Waals surface area contributed by atoms with Gasteiger partial charge in [0.1, 0.15) is 6.04 Å². The van der Waals surface area contributed by atoms with E-state index in [4.69, 9.17) is 10.4 Å². The van der Waals surface area contributed by atoms with Crippen LogP contribution in [0, 0.1) is 31.6 Å². The van der Waals surface area contributed by atoms with Crippen molar-refractivity contribution in [3.05, 3.63) is 90.5 Å². The second-order valence-corrected chi connectivity index (χ2v) is 12.9. The van der Waals surface area contributed by atoms with Crippen LogP contribution < -0.4 is 15.8 Å².